The van der Waals surface area contributed by atoms with Gasteiger partial charge in [-0.15, -0.1) is 0 Å². The molecular formula is C15H25N3O. The number of aromatic nitrogens is 1. The van der Waals surface area contributed by atoms with E-state index >= 15 is 0 Å². The summed E-state index contributed by atoms with van der Waals surface area (Å²) in [6.07, 6.45) is 4.54. The van der Waals surface area contributed by atoms with Crippen LogP contribution < -0.4 is 10.6 Å². The third-order valence-corrected chi connectivity index (χ3v) is 3.12. The highest BCUT2D eigenvalue weighted by molar-refractivity contribution is 5.81. The Balaban J connectivity index is 2.37. The van der Waals surface area contributed by atoms with Gasteiger partial charge in [0.05, 0.1) is 6.04 Å². The second-order valence-corrected chi connectivity index (χ2v) is 5.36. The van der Waals surface area contributed by atoms with E-state index in [0.717, 1.165) is 18.5 Å². The Kier molecular flexibility index (Phi) is 6.50. The SMILES string of the molecule is CC(C)CCNC(=O)C(C)N[C@@H](C)c1ccncc1. The first-order valence-electron chi connectivity index (χ1n) is 6.94. The topological polar surface area (TPSA) is 54.0 Å². The van der Waals surface area contributed by atoms with E-state index in [1.165, 1.54) is 0 Å². The molecule has 1 aromatic heterocycles. The molecule has 2 atom stereocenters. The fourth-order valence-corrected chi connectivity index (χ4v) is 1.84. The quantitative estimate of drug-likeness (QED) is 0.793. The maximum atomic E-state index is 11.9. The number of carbonyl (C=O) groups excluding carboxylic acids is 1. The molecule has 0 fully saturated rings. The third-order valence-electron chi connectivity index (χ3n) is 3.12. The van der Waals surface area contributed by atoms with Gasteiger partial charge in [-0.2, -0.15) is 0 Å². The van der Waals surface area contributed by atoms with E-state index in [9.17, 15) is 4.79 Å². The minimum absolute atomic E-state index is 0.0570. The Morgan fingerprint density at radius 1 is 1.21 bits per heavy atom. The average Bonchev–Trinajstić information content (AvgIpc) is 2.39. The van der Waals surface area contributed by atoms with Crippen LogP contribution in [0.4, 0.5) is 0 Å². The van der Waals surface area contributed by atoms with Gasteiger partial charge in [0.15, 0.2) is 0 Å². The lowest BCUT2D eigenvalue weighted by Gasteiger charge is -2.20. The fourth-order valence-electron chi connectivity index (χ4n) is 1.84. The molecule has 4 nitrogen and oxygen atoms in total. The molecule has 19 heavy (non-hydrogen) atoms. The van der Waals surface area contributed by atoms with Gasteiger partial charge in [-0.05, 0) is 43.9 Å². The van der Waals surface area contributed by atoms with Gasteiger partial charge < -0.3 is 5.32 Å². The Morgan fingerprint density at radius 3 is 2.42 bits per heavy atom. The Morgan fingerprint density at radius 2 is 1.84 bits per heavy atom. The van der Waals surface area contributed by atoms with E-state index < -0.39 is 0 Å². The summed E-state index contributed by atoms with van der Waals surface area (Å²) < 4.78 is 0. The zero-order valence-electron chi connectivity index (χ0n) is 12.3. The number of rotatable bonds is 7. The molecule has 0 spiro atoms. The Labute approximate surface area is 116 Å². The smallest absolute Gasteiger partial charge is 0.236 e. The third kappa shape index (κ3) is 5.83. The lowest BCUT2D eigenvalue weighted by atomic mass is 10.1. The molecule has 2 N–H and O–H groups in total. The summed E-state index contributed by atoms with van der Waals surface area (Å²) in [4.78, 5) is 15.9. The van der Waals surface area contributed by atoms with Crippen LogP contribution in [0.25, 0.3) is 0 Å². The van der Waals surface area contributed by atoms with Crippen molar-refractivity contribution in [3.63, 3.8) is 0 Å². The van der Waals surface area contributed by atoms with Gasteiger partial charge >= 0.3 is 0 Å². The van der Waals surface area contributed by atoms with Crippen LogP contribution in [-0.2, 0) is 4.79 Å². The number of carbonyl (C=O) groups is 1. The van der Waals surface area contributed by atoms with Crippen molar-refractivity contribution in [3.8, 4) is 0 Å². The van der Waals surface area contributed by atoms with E-state index in [2.05, 4.69) is 29.5 Å². The summed E-state index contributed by atoms with van der Waals surface area (Å²) in [7, 11) is 0. The zero-order chi connectivity index (χ0) is 14.3. The summed E-state index contributed by atoms with van der Waals surface area (Å²) in [6.45, 7) is 8.99. The molecule has 0 aromatic carbocycles. The van der Waals surface area contributed by atoms with E-state index in [4.69, 9.17) is 0 Å². The lowest BCUT2D eigenvalue weighted by molar-refractivity contribution is -0.122. The molecule has 1 aromatic rings. The molecule has 0 aliphatic rings. The van der Waals surface area contributed by atoms with Crippen LogP contribution in [-0.4, -0.2) is 23.5 Å². The number of nitrogens with zero attached hydrogens (tertiary/aromatic N) is 1. The first kappa shape index (κ1) is 15.6. The van der Waals surface area contributed by atoms with Crippen LogP contribution in [0.2, 0.25) is 0 Å². The van der Waals surface area contributed by atoms with Gasteiger partial charge in [0, 0.05) is 25.0 Å². The number of pyridine rings is 1. The van der Waals surface area contributed by atoms with Crippen molar-refractivity contribution in [2.75, 3.05) is 6.54 Å². The minimum atomic E-state index is -0.199. The van der Waals surface area contributed by atoms with Crippen molar-refractivity contribution in [1.29, 1.82) is 0 Å². The van der Waals surface area contributed by atoms with Crippen molar-refractivity contribution < 1.29 is 4.79 Å². The van der Waals surface area contributed by atoms with E-state index in [0.29, 0.717) is 5.92 Å². The second kappa shape index (κ2) is 7.89. The van der Waals surface area contributed by atoms with Gasteiger partial charge in [-0.1, -0.05) is 13.8 Å². The Hall–Kier alpha value is -1.42. The lowest BCUT2D eigenvalue weighted by Crippen LogP contribution is -2.43. The largest absolute Gasteiger partial charge is 0.355 e. The molecule has 106 valence electrons. The fraction of sp³-hybridized carbons (Fsp3) is 0.600. The highest BCUT2D eigenvalue weighted by Crippen LogP contribution is 2.10. The summed E-state index contributed by atoms with van der Waals surface area (Å²) in [6, 6.07) is 3.85. The Bertz CT molecular complexity index is 378. The van der Waals surface area contributed by atoms with Gasteiger partial charge in [0.2, 0.25) is 5.91 Å². The summed E-state index contributed by atoms with van der Waals surface area (Å²) in [5.74, 6) is 0.667. The van der Waals surface area contributed by atoms with Gasteiger partial charge in [0.1, 0.15) is 0 Å². The highest BCUT2D eigenvalue weighted by atomic mass is 16.2. The van der Waals surface area contributed by atoms with Crippen molar-refractivity contribution in [1.82, 2.24) is 15.6 Å². The molecule has 0 saturated carbocycles. The van der Waals surface area contributed by atoms with Crippen LogP contribution in [0.1, 0.15) is 45.7 Å². The van der Waals surface area contributed by atoms with Crippen molar-refractivity contribution in [3.05, 3.63) is 30.1 Å². The predicted octanol–water partition coefficient (Wildman–Crippen LogP) is 2.28. The van der Waals surface area contributed by atoms with Gasteiger partial charge in [-0.25, -0.2) is 0 Å². The highest BCUT2D eigenvalue weighted by Gasteiger charge is 2.15. The maximum absolute atomic E-state index is 11.9. The molecular weight excluding hydrogens is 238 g/mol. The number of amides is 1. The van der Waals surface area contributed by atoms with Gasteiger partial charge in [-0.3, -0.25) is 15.1 Å². The summed E-state index contributed by atoms with van der Waals surface area (Å²) >= 11 is 0. The first-order valence-corrected chi connectivity index (χ1v) is 6.94. The standard InChI is InChI=1S/C15H25N3O/c1-11(2)5-10-17-15(19)13(4)18-12(3)14-6-8-16-9-7-14/h6-9,11-13,18H,5,10H2,1-4H3,(H,17,19)/t12-,13?/m0/s1. The van der Waals surface area contributed by atoms with Crippen LogP contribution in [0.5, 0.6) is 0 Å². The molecule has 0 aliphatic heterocycles. The molecule has 1 unspecified atom stereocenters. The van der Waals surface area contributed by atoms with E-state index in [1.807, 2.05) is 26.0 Å². The molecule has 4 heteroatoms. The van der Waals surface area contributed by atoms with Crippen molar-refractivity contribution in [2.24, 2.45) is 5.92 Å². The van der Waals surface area contributed by atoms with Gasteiger partial charge in [0.25, 0.3) is 0 Å². The molecule has 0 aliphatic carbocycles. The zero-order valence-corrected chi connectivity index (χ0v) is 12.3. The van der Waals surface area contributed by atoms with Crippen LogP contribution in [0.3, 0.4) is 0 Å². The molecule has 0 radical (unpaired) electrons. The second-order valence-electron chi connectivity index (χ2n) is 5.36. The average molecular weight is 263 g/mol. The maximum Gasteiger partial charge on any atom is 0.236 e. The molecule has 1 rings (SSSR count). The number of hydrogen-bond acceptors (Lipinski definition) is 3. The van der Waals surface area contributed by atoms with Crippen molar-refractivity contribution >= 4 is 5.91 Å². The molecule has 0 saturated heterocycles. The monoisotopic (exact) mass is 263 g/mol. The first-order chi connectivity index (χ1) is 9.00. The normalized spacial score (nSPS) is 14.2. The number of hydrogen-bond donors (Lipinski definition) is 2. The summed E-state index contributed by atoms with van der Waals surface area (Å²) in [5, 5.41) is 6.25. The van der Waals surface area contributed by atoms with Crippen LogP contribution >= 0.6 is 0 Å². The van der Waals surface area contributed by atoms with E-state index in [-0.39, 0.29) is 18.0 Å². The van der Waals surface area contributed by atoms with Crippen LogP contribution in [0, 0.1) is 5.92 Å². The molecule has 1 heterocycles. The van der Waals surface area contributed by atoms with E-state index in [1.54, 1.807) is 12.4 Å². The predicted molar refractivity (Wildman–Crippen MR) is 77.7 cm³/mol. The van der Waals surface area contributed by atoms with Crippen molar-refractivity contribution in [2.45, 2.75) is 46.2 Å². The molecule has 0 bridgehead atoms. The summed E-state index contributed by atoms with van der Waals surface area (Å²) in [5.41, 5.74) is 1.14. The number of nitrogens with one attached hydrogen (secondary N) is 2. The molecule has 1 amide bonds. The minimum Gasteiger partial charge on any atom is -0.355 e. The van der Waals surface area contributed by atoms with Crippen LogP contribution in [0.15, 0.2) is 24.5 Å².